The van der Waals surface area contributed by atoms with Crippen molar-refractivity contribution in [1.82, 2.24) is 9.88 Å². The first-order valence-corrected chi connectivity index (χ1v) is 11.0. The van der Waals surface area contributed by atoms with Crippen molar-refractivity contribution in [2.45, 2.75) is 12.8 Å². The average Bonchev–Trinajstić information content (AvgIpc) is 3.41. The summed E-state index contributed by atoms with van der Waals surface area (Å²) in [5.74, 6) is 1.55. The quantitative estimate of drug-likeness (QED) is 0.498. The van der Waals surface area contributed by atoms with Crippen molar-refractivity contribution in [2.75, 3.05) is 38.7 Å². The number of nitrogens with one attached hydrogen (secondary N) is 1. The standard InChI is InChI=1S/C22H24ClN3O2S/c1-27-21-9-6-17(14-19(21)23)24-22-25-20(15-29-22)16-4-7-18(8-5-16)28-13-12-26-10-2-3-11-26/h4-9,14-15H,2-3,10-13H2,1H3,(H,24,25). The van der Waals surface area contributed by atoms with Crippen molar-refractivity contribution in [3.63, 3.8) is 0 Å². The molecule has 4 rings (SSSR count). The van der Waals surface area contributed by atoms with Crippen LogP contribution in [0.1, 0.15) is 12.8 Å². The minimum absolute atomic E-state index is 0.564. The van der Waals surface area contributed by atoms with Crippen molar-refractivity contribution >= 4 is 33.8 Å². The van der Waals surface area contributed by atoms with E-state index in [1.807, 2.05) is 47.8 Å². The van der Waals surface area contributed by atoms with Crippen LogP contribution in [0.15, 0.2) is 47.8 Å². The highest BCUT2D eigenvalue weighted by molar-refractivity contribution is 7.14. The first kappa shape index (κ1) is 20.0. The molecule has 0 radical (unpaired) electrons. The predicted molar refractivity (Wildman–Crippen MR) is 120 cm³/mol. The Morgan fingerprint density at radius 3 is 2.66 bits per heavy atom. The monoisotopic (exact) mass is 429 g/mol. The molecule has 7 heteroatoms. The summed E-state index contributed by atoms with van der Waals surface area (Å²) in [7, 11) is 1.60. The molecule has 0 spiro atoms. The third-order valence-corrected chi connectivity index (χ3v) is 5.99. The van der Waals surface area contributed by atoms with Crippen LogP contribution < -0.4 is 14.8 Å². The molecule has 0 aliphatic carbocycles. The zero-order valence-corrected chi connectivity index (χ0v) is 17.9. The van der Waals surface area contributed by atoms with Crippen LogP contribution in [-0.4, -0.2) is 43.2 Å². The molecule has 1 saturated heterocycles. The molecule has 1 fully saturated rings. The van der Waals surface area contributed by atoms with Gasteiger partial charge in [-0.1, -0.05) is 11.6 Å². The van der Waals surface area contributed by atoms with Crippen molar-refractivity contribution in [3.05, 3.63) is 52.9 Å². The Bertz CT molecular complexity index is 939. The van der Waals surface area contributed by atoms with E-state index in [0.717, 1.165) is 41.0 Å². The number of ether oxygens (including phenoxy) is 2. The molecular weight excluding hydrogens is 406 g/mol. The number of nitrogens with zero attached hydrogens (tertiary/aromatic N) is 2. The largest absolute Gasteiger partial charge is 0.495 e. The molecule has 152 valence electrons. The molecule has 0 unspecified atom stereocenters. The number of benzene rings is 2. The second-order valence-corrected chi connectivity index (χ2v) is 8.20. The third-order valence-electron chi connectivity index (χ3n) is 4.93. The van der Waals surface area contributed by atoms with Gasteiger partial charge in [0.25, 0.3) is 0 Å². The molecule has 1 N–H and O–H groups in total. The maximum Gasteiger partial charge on any atom is 0.187 e. The normalized spacial score (nSPS) is 14.1. The van der Waals surface area contributed by atoms with Gasteiger partial charge in [-0.25, -0.2) is 4.98 Å². The summed E-state index contributed by atoms with van der Waals surface area (Å²) < 4.78 is 11.1. The minimum Gasteiger partial charge on any atom is -0.495 e. The van der Waals surface area contributed by atoms with Crippen molar-refractivity contribution < 1.29 is 9.47 Å². The molecule has 5 nitrogen and oxygen atoms in total. The van der Waals surface area contributed by atoms with Crippen LogP contribution in [0.4, 0.5) is 10.8 Å². The van der Waals surface area contributed by atoms with E-state index in [-0.39, 0.29) is 0 Å². The maximum atomic E-state index is 6.19. The molecular formula is C22H24ClN3O2S. The summed E-state index contributed by atoms with van der Waals surface area (Å²) in [6, 6.07) is 13.7. The summed E-state index contributed by atoms with van der Waals surface area (Å²) in [6.07, 6.45) is 2.62. The Hall–Kier alpha value is -2.28. The second kappa shape index (κ2) is 9.48. The average molecular weight is 430 g/mol. The molecule has 0 atom stereocenters. The van der Waals surface area contributed by atoms with Crippen LogP contribution >= 0.6 is 22.9 Å². The van der Waals surface area contributed by atoms with E-state index in [4.69, 9.17) is 21.1 Å². The predicted octanol–water partition coefficient (Wildman–Crippen LogP) is 5.69. The topological polar surface area (TPSA) is 46.6 Å². The van der Waals surface area contributed by atoms with Crippen LogP contribution in [0.5, 0.6) is 11.5 Å². The van der Waals surface area contributed by atoms with Gasteiger partial charge < -0.3 is 14.8 Å². The minimum atomic E-state index is 0.564. The first-order valence-electron chi connectivity index (χ1n) is 9.73. The molecule has 3 aromatic rings. The highest BCUT2D eigenvalue weighted by Gasteiger charge is 2.11. The molecule has 0 saturated carbocycles. The number of halogens is 1. The molecule has 0 amide bonds. The molecule has 0 bridgehead atoms. The Morgan fingerprint density at radius 1 is 1.14 bits per heavy atom. The van der Waals surface area contributed by atoms with Crippen LogP contribution in [0.25, 0.3) is 11.3 Å². The van der Waals surface area contributed by atoms with E-state index in [0.29, 0.717) is 10.8 Å². The number of hydrogen-bond acceptors (Lipinski definition) is 6. The van der Waals surface area contributed by atoms with Crippen LogP contribution in [-0.2, 0) is 0 Å². The molecule has 1 aliphatic heterocycles. The van der Waals surface area contributed by atoms with Gasteiger partial charge in [-0.2, -0.15) is 0 Å². The van der Waals surface area contributed by atoms with Gasteiger partial charge in [-0.15, -0.1) is 11.3 Å². The van der Waals surface area contributed by atoms with Gasteiger partial charge in [0.1, 0.15) is 18.1 Å². The Kier molecular flexibility index (Phi) is 6.54. The zero-order chi connectivity index (χ0) is 20.1. The van der Waals surface area contributed by atoms with E-state index in [2.05, 4.69) is 15.2 Å². The smallest absolute Gasteiger partial charge is 0.187 e. The zero-order valence-electron chi connectivity index (χ0n) is 16.4. The lowest BCUT2D eigenvalue weighted by Gasteiger charge is -2.14. The number of aromatic nitrogens is 1. The van der Waals surface area contributed by atoms with Gasteiger partial charge in [-0.05, 0) is 68.4 Å². The van der Waals surface area contributed by atoms with E-state index in [1.165, 1.54) is 25.9 Å². The fourth-order valence-electron chi connectivity index (χ4n) is 3.35. The van der Waals surface area contributed by atoms with Crippen molar-refractivity contribution in [2.24, 2.45) is 0 Å². The molecule has 1 aliphatic rings. The molecule has 2 aromatic carbocycles. The van der Waals surface area contributed by atoms with Gasteiger partial charge in [0, 0.05) is 23.2 Å². The number of hydrogen-bond donors (Lipinski definition) is 1. The van der Waals surface area contributed by atoms with Gasteiger partial charge >= 0.3 is 0 Å². The van der Waals surface area contributed by atoms with Gasteiger partial charge in [0.15, 0.2) is 5.13 Å². The first-order chi connectivity index (χ1) is 14.2. The summed E-state index contributed by atoms with van der Waals surface area (Å²) in [5.41, 5.74) is 2.87. The summed E-state index contributed by atoms with van der Waals surface area (Å²) in [5, 5.41) is 6.71. The summed E-state index contributed by atoms with van der Waals surface area (Å²) in [4.78, 5) is 7.13. The van der Waals surface area contributed by atoms with Crippen molar-refractivity contribution in [3.8, 4) is 22.8 Å². The van der Waals surface area contributed by atoms with Gasteiger partial charge in [0.2, 0.25) is 0 Å². The molecule has 1 aromatic heterocycles. The van der Waals surface area contributed by atoms with Crippen molar-refractivity contribution in [1.29, 1.82) is 0 Å². The Balaban J connectivity index is 1.34. The number of rotatable bonds is 8. The molecule has 2 heterocycles. The highest BCUT2D eigenvalue weighted by atomic mass is 35.5. The second-order valence-electron chi connectivity index (χ2n) is 6.93. The summed E-state index contributed by atoms with van der Waals surface area (Å²) in [6.45, 7) is 4.13. The van der Waals surface area contributed by atoms with E-state index in [1.54, 1.807) is 18.4 Å². The molecule has 29 heavy (non-hydrogen) atoms. The third kappa shape index (κ3) is 5.21. The Labute approximate surface area is 180 Å². The maximum absolute atomic E-state index is 6.19. The fraction of sp³-hybridized carbons (Fsp3) is 0.318. The van der Waals surface area contributed by atoms with Gasteiger partial charge in [0.05, 0.1) is 17.8 Å². The lowest BCUT2D eigenvalue weighted by atomic mass is 10.2. The number of thiazole rings is 1. The summed E-state index contributed by atoms with van der Waals surface area (Å²) >= 11 is 7.74. The van der Waals surface area contributed by atoms with E-state index >= 15 is 0 Å². The highest BCUT2D eigenvalue weighted by Crippen LogP contribution is 2.31. The lowest BCUT2D eigenvalue weighted by molar-refractivity contribution is 0.238. The van der Waals surface area contributed by atoms with E-state index < -0.39 is 0 Å². The SMILES string of the molecule is COc1ccc(Nc2nc(-c3ccc(OCCN4CCCC4)cc3)cs2)cc1Cl. The van der Waals surface area contributed by atoms with Crippen LogP contribution in [0.3, 0.4) is 0 Å². The number of methoxy groups -OCH3 is 1. The van der Waals surface area contributed by atoms with Crippen LogP contribution in [0.2, 0.25) is 5.02 Å². The fourth-order valence-corrected chi connectivity index (χ4v) is 4.35. The number of likely N-dealkylation sites (tertiary alicyclic amines) is 1. The van der Waals surface area contributed by atoms with Gasteiger partial charge in [-0.3, -0.25) is 4.90 Å². The van der Waals surface area contributed by atoms with Crippen LogP contribution in [0, 0.1) is 0 Å². The Morgan fingerprint density at radius 2 is 1.93 bits per heavy atom. The number of anilines is 2. The van der Waals surface area contributed by atoms with E-state index in [9.17, 15) is 0 Å². The lowest BCUT2D eigenvalue weighted by Crippen LogP contribution is -2.25.